The molecule has 0 heterocycles. The number of hydrogen-bond donors (Lipinski definition) is 1. The van der Waals surface area contributed by atoms with Crippen LogP contribution in [0.25, 0.3) is 0 Å². The Labute approximate surface area is 207 Å². The number of carbonyl (C=O) groups is 4. The zero-order valence-electron chi connectivity index (χ0n) is 24.0. The highest BCUT2D eigenvalue weighted by molar-refractivity contribution is 5.88. The Morgan fingerprint density at radius 2 is 1.32 bits per heavy atom. The highest BCUT2D eigenvalue weighted by atomic mass is 16.7. The smallest absolute Gasteiger partial charge is 0.329 e. The van der Waals surface area contributed by atoms with Gasteiger partial charge in [0.25, 0.3) is 0 Å². The zero-order chi connectivity index (χ0) is 27.8. The molecule has 0 aliphatic carbocycles. The fraction of sp³-hybridized carbons (Fsp3) is 0.846. The summed E-state index contributed by atoms with van der Waals surface area (Å²) < 4.78 is 14.7. The molecule has 8 nitrogen and oxygen atoms in total. The maximum atomic E-state index is 12.7. The third kappa shape index (κ3) is 20.5. The van der Waals surface area contributed by atoms with E-state index in [1.54, 1.807) is 20.8 Å². The molecule has 1 amide bonds. The predicted molar refractivity (Wildman–Crippen MR) is 135 cm³/mol. The van der Waals surface area contributed by atoms with Gasteiger partial charge >= 0.3 is 17.9 Å². The molecular weight excluding hydrogens is 438 g/mol. The molecule has 8 heteroatoms. The van der Waals surface area contributed by atoms with Gasteiger partial charge in [0.1, 0.15) is 11.6 Å². The summed E-state index contributed by atoms with van der Waals surface area (Å²) in [6.07, 6.45) is 1.57. The van der Waals surface area contributed by atoms with Crippen LogP contribution in [0, 0.1) is 10.8 Å². The largest absolute Gasteiger partial charge is 0.458 e. The standard InChI is InChI=1S/C22H39NO7.2C2H6/c1-10-21(6,7)13-22(8,9)12-17(25)23-16(19(27)30-20(3,4)5)11-18(26)29-14-28-15(2)24;2*1-2/h16H,10-14H2,1-9H3,(H,23,25);2*1-2H3. The molecule has 0 radical (unpaired) electrons. The van der Waals surface area contributed by atoms with Crippen molar-refractivity contribution in [1.82, 2.24) is 5.32 Å². The minimum atomic E-state index is -1.20. The molecule has 0 rings (SSSR count). The van der Waals surface area contributed by atoms with E-state index in [1.165, 1.54) is 6.92 Å². The molecule has 0 aromatic carbocycles. The van der Waals surface area contributed by atoms with E-state index in [4.69, 9.17) is 9.47 Å². The minimum Gasteiger partial charge on any atom is -0.458 e. The van der Waals surface area contributed by atoms with Crippen LogP contribution in [0.2, 0.25) is 0 Å². The van der Waals surface area contributed by atoms with E-state index in [2.05, 4.69) is 30.8 Å². The number of ether oxygens (including phenoxy) is 3. The van der Waals surface area contributed by atoms with Gasteiger partial charge in [0, 0.05) is 13.3 Å². The number of hydrogen-bond acceptors (Lipinski definition) is 7. The Kier molecular flexibility index (Phi) is 18.6. The molecule has 0 saturated heterocycles. The fourth-order valence-electron chi connectivity index (χ4n) is 3.13. The summed E-state index contributed by atoms with van der Waals surface area (Å²) in [5.41, 5.74) is -1.00. The Morgan fingerprint density at radius 1 is 0.824 bits per heavy atom. The first-order chi connectivity index (χ1) is 15.5. The van der Waals surface area contributed by atoms with Crippen molar-refractivity contribution in [3.05, 3.63) is 0 Å². The maximum Gasteiger partial charge on any atom is 0.329 e. The number of carbonyl (C=O) groups excluding carboxylic acids is 4. The van der Waals surface area contributed by atoms with E-state index in [0.717, 1.165) is 12.8 Å². The van der Waals surface area contributed by atoms with Crippen LogP contribution in [0.1, 0.15) is 116 Å². The van der Waals surface area contributed by atoms with Gasteiger partial charge in [-0.1, -0.05) is 68.7 Å². The molecule has 1 N–H and O–H groups in total. The molecule has 202 valence electrons. The van der Waals surface area contributed by atoms with Gasteiger partial charge in [0.2, 0.25) is 12.7 Å². The van der Waals surface area contributed by atoms with Gasteiger partial charge in [-0.2, -0.15) is 0 Å². The first-order valence-electron chi connectivity index (χ1n) is 12.3. The fourth-order valence-corrected chi connectivity index (χ4v) is 3.13. The topological polar surface area (TPSA) is 108 Å². The van der Waals surface area contributed by atoms with Crippen molar-refractivity contribution in [2.75, 3.05) is 6.79 Å². The first kappa shape index (κ1) is 36.4. The van der Waals surface area contributed by atoms with Crippen LogP contribution in [0.4, 0.5) is 0 Å². The van der Waals surface area contributed by atoms with Crippen molar-refractivity contribution in [3.8, 4) is 0 Å². The molecular formula is C26H51NO7. The van der Waals surface area contributed by atoms with E-state index in [9.17, 15) is 19.2 Å². The lowest BCUT2D eigenvalue weighted by atomic mass is 9.72. The molecule has 0 bridgehead atoms. The SMILES string of the molecule is CC.CC.CCC(C)(C)CC(C)(C)CC(=O)NC(CC(=O)OCOC(C)=O)C(=O)OC(C)(C)C. The number of amides is 1. The predicted octanol–water partition coefficient (Wildman–Crippen LogP) is 5.56. The van der Waals surface area contributed by atoms with E-state index in [-0.39, 0.29) is 23.2 Å². The van der Waals surface area contributed by atoms with E-state index >= 15 is 0 Å². The van der Waals surface area contributed by atoms with E-state index < -0.39 is 42.8 Å². The average molecular weight is 490 g/mol. The number of nitrogens with one attached hydrogen (secondary N) is 1. The molecule has 0 saturated carbocycles. The Morgan fingerprint density at radius 3 is 1.74 bits per heavy atom. The molecule has 0 aromatic rings. The summed E-state index contributed by atoms with van der Waals surface area (Å²) in [7, 11) is 0. The van der Waals surface area contributed by atoms with Gasteiger partial charge in [0.05, 0.1) is 6.42 Å². The Hall–Kier alpha value is -2.12. The molecule has 0 aliphatic rings. The molecule has 1 atom stereocenters. The summed E-state index contributed by atoms with van der Waals surface area (Å²) in [6.45, 7) is 24.1. The van der Waals surface area contributed by atoms with Crippen molar-refractivity contribution in [2.45, 2.75) is 127 Å². The highest BCUT2D eigenvalue weighted by Crippen LogP contribution is 2.38. The Bertz CT molecular complexity index is 619. The number of rotatable bonds is 11. The second-order valence-electron chi connectivity index (χ2n) is 10.2. The summed E-state index contributed by atoms with van der Waals surface area (Å²) in [5.74, 6) is -2.47. The van der Waals surface area contributed by atoms with Gasteiger partial charge < -0.3 is 19.5 Å². The van der Waals surface area contributed by atoms with Crippen molar-refractivity contribution in [3.63, 3.8) is 0 Å². The quantitative estimate of drug-likeness (QED) is 0.299. The van der Waals surface area contributed by atoms with Gasteiger partial charge in [-0.25, -0.2) is 4.79 Å². The monoisotopic (exact) mass is 489 g/mol. The van der Waals surface area contributed by atoms with Crippen molar-refractivity contribution >= 4 is 23.8 Å². The normalized spacial score (nSPS) is 12.0. The van der Waals surface area contributed by atoms with Crippen LogP contribution in [-0.4, -0.2) is 42.3 Å². The third-order valence-corrected chi connectivity index (χ3v) is 4.43. The summed E-state index contributed by atoms with van der Waals surface area (Å²) in [5, 5.41) is 2.61. The second-order valence-corrected chi connectivity index (χ2v) is 10.2. The lowest BCUT2D eigenvalue weighted by Gasteiger charge is -2.34. The molecule has 0 aromatic heterocycles. The van der Waals surface area contributed by atoms with E-state index in [0.29, 0.717) is 0 Å². The van der Waals surface area contributed by atoms with Crippen LogP contribution in [-0.2, 0) is 33.4 Å². The summed E-state index contributed by atoms with van der Waals surface area (Å²) >= 11 is 0. The van der Waals surface area contributed by atoms with Crippen LogP contribution in [0.3, 0.4) is 0 Å². The van der Waals surface area contributed by atoms with Gasteiger partial charge in [-0.05, 0) is 38.0 Å². The van der Waals surface area contributed by atoms with Gasteiger partial charge in [0.15, 0.2) is 0 Å². The van der Waals surface area contributed by atoms with E-state index in [1.807, 2.05) is 41.5 Å². The van der Waals surface area contributed by atoms with Crippen molar-refractivity contribution < 1.29 is 33.4 Å². The van der Waals surface area contributed by atoms with Crippen molar-refractivity contribution in [2.24, 2.45) is 10.8 Å². The average Bonchev–Trinajstić information content (AvgIpc) is 2.67. The van der Waals surface area contributed by atoms with Gasteiger partial charge in [-0.15, -0.1) is 0 Å². The summed E-state index contributed by atoms with van der Waals surface area (Å²) in [6, 6.07) is -1.20. The number of esters is 3. The Balaban J connectivity index is -0.00000227. The van der Waals surface area contributed by atoms with Crippen molar-refractivity contribution in [1.29, 1.82) is 0 Å². The first-order valence-corrected chi connectivity index (χ1v) is 12.3. The van der Waals surface area contributed by atoms with Crippen LogP contribution >= 0.6 is 0 Å². The van der Waals surface area contributed by atoms with Crippen LogP contribution in [0.15, 0.2) is 0 Å². The molecule has 0 aliphatic heterocycles. The summed E-state index contributed by atoms with van der Waals surface area (Å²) in [4.78, 5) is 48.0. The molecule has 0 fully saturated rings. The molecule has 34 heavy (non-hydrogen) atoms. The van der Waals surface area contributed by atoms with Gasteiger partial charge in [-0.3, -0.25) is 14.4 Å². The molecule has 1 unspecified atom stereocenters. The zero-order valence-corrected chi connectivity index (χ0v) is 24.0. The second kappa shape index (κ2) is 17.3. The minimum absolute atomic E-state index is 0.0782. The third-order valence-electron chi connectivity index (χ3n) is 4.43. The maximum absolute atomic E-state index is 12.7. The van der Waals surface area contributed by atoms with Crippen LogP contribution < -0.4 is 5.32 Å². The lowest BCUT2D eigenvalue weighted by Crippen LogP contribution is -2.46. The lowest BCUT2D eigenvalue weighted by molar-refractivity contribution is -0.170. The van der Waals surface area contributed by atoms with Crippen LogP contribution in [0.5, 0.6) is 0 Å². The molecule has 0 spiro atoms. The highest BCUT2D eigenvalue weighted by Gasteiger charge is 2.33.